The van der Waals surface area contributed by atoms with Crippen molar-refractivity contribution in [1.82, 2.24) is 4.90 Å². The molecule has 1 aromatic rings. The lowest BCUT2D eigenvalue weighted by molar-refractivity contribution is 0.296. The Morgan fingerprint density at radius 2 is 1.79 bits per heavy atom. The minimum absolute atomic E-state index is 0.247. The van der Waals surface area contributed by atoms with Crippen molar-refractivity contribution >= 4 is 0 Å². The molecule has 3 rings (SSSR count). The first-order valence-corrected chi connectivity index (χ1v) is 6.66. The Hall–Kier alpha value is -1.07. The number of nitrogens with two attached hydrogens (primary N) is 1. The molecule has 19 heavy (non-hydrogen) atoms. The minimum Gasteiger partial charge on any atom is -0.327 e. The van der Waals surface area contributed by atoms with Crippen LogP contribution in [0.25, 0.3) is 0 Å². The Morgan fingerprint density at radius 1 is 1.11 bits per heavy atom. The number of benzene rings is 1. The highest BCUT2D eigenvalue weighted by Crippen LogP contribution is 2.37. The second kappa shape index (κ2) is 4.80. The Kier molecular flexibility index (Phi) is 3.27. The van der Waals surface area contributed by atoms with E-state index in [1.807, 2.05) is 0 Å². The van der Waals surface area contributed by atoms with Crippen LogP contribution in [0.2, 0.25) is 0 Å². The van der Waals surface area contributed by atoms with Gasteiger partial charge in [0.05, 0.1) is 0 Å². The molecule has 1 aliphatic heterocycles. The zero-order valence-corrected chi connectivity index (χ0v) is 10.6. The van der Waals surface area contributed by atoms with E-state index in [-0.39, 0.29) is 6.04 Å². The second-order valence-electron chi connectivity index (χ2n) is 5.73. The third kappa shape index (κ3) is 2.37. The van der Waals surface area contributed by atoms with E-state index in [4.69, 9.17) is 5.73 Å². The van der Waals surface area contributed by atoms with Crippen molar-refractivity contribution in [3.8, 4) is 0 Å². The number of nitrogens with zero attached hydrogens (tertiary/aromatic N) is 1. The summed E-state index contributed by atoms with van der Waals surface area (Å²) >= 11 is 0. The summed E-state index contributed by atoms with van der Waals surface area (Å²) < 4.78 is 39.2. The van der Waals surface area contributed by atoms with Gasteiger partial charge in [-0.05, 0) is 42.4 Å². The lowest BCUT2D eigenvalue weighted by atomic mass is 9.98. The maximum Gasteiger partial charge on any atom is 0.194 e. The summed E-state index contributed by atoms with van der Waals surface area (Å²) in [7, 11) is 0. The van der Waals surface area contributed by atoms with Gasteiger partial charge in [-0.25, -0.2) is 13.2 Å². The molecular formula is C14H17F3N2. The van der Waals surface area contributed by atoms with E-state index in [0.29, 0.717) is 23.9 Å². The van der Waals surface area contributed by atoms with Gasteiger partial charge in [0.25, 0.3) is 0 Å². The monoisotopic (exact) mass is 270 g/mol. The summed E-state index contributed by atoms with van der Waals surface area (Å²) in [6.07, 6.45) is 2.21. The van der Waals surface area contributed by atoms with Crippen molar-refractivity contribution in [3.05, 3.63) is 35.1 Å². The smallest absolute Gasteiger partial charge is 0.194 e. The van der Waals surface area contributed by atoms with E-state index in [9.17, 15) is 13.2 Å². The number of hydrogen-bond acceptors (Lipinski definition) is 2. The third-order valence-electron chi connectivity index (χ3n) is 4.44. The van der Waals surface area contributed by atoms with E-state index in [2.05, 4.69) is 4.90 Å². The Labute approximate surface area is 110 Å². The lowest BCUT2D eigenvalue weighted by Gasteiger charge is -2.18. The standard InChI is InChI=1S/C14H17F3N2/c15-11-3-8(4-12(16)14(11)17)5-19-6-9-1-2-13(18)10(9)7-19/h3-4,9-10,13H,1-2,5-7,18H2. The van der Waals surface area contributed by atoms with E-state index >= 15 is 0 Å². The highest BCUT2D eigenvalue weighted by Gasteiger charge is 2.40. The highest BCUT2D eigenvalue weighted by molar-refractivity contribution is 5.19. The van der Waals surface area contributed by atoms with Gasteiger partial charge in [0, 0.05) is 25.7 Å². The zero-order valence-electron chi connectivity index (χ0n) is 10.6. The molecule has 5 heteroatoms. The second-order valence-corrected chi connectivity index (χ2v) is 5.73. The minimum atomic E-state index is -1.40. The molecule has 2 nitrogen and oxygen atoms in total. The van der Waals surface area contributed by atoms with Crippen LogP contribution in [0, 0.1) is 29.3 Å². The van der Waals surface area contributed by atoms with Gasteiger partial charge in [0.1, 0.15) is 0 Å². The summed E-state index contributed by atoms with van der Waals surface area (Å²) in [6.45, 7) is 2.24. The molecule has 104 valence electrons. The molecular weight excluding hydrogens is 253 g/mol. The van der Waals surface area contributed by atoms with Crippen LogP contribution in [0.3, 0.4) is 0 Å². The Morgan fingerprint density at radius 3 is 2.42 bits per heavy atom. The number of halogens is 3. The average molecular weight is 270 g/mol. The predicted octanol–water partition coefficient (Wildman–Crippen LogP) is 2.27. The van der Waals surface area contributed by atoms with Crippen LogP contribution in [0.5, 0.6) is 0 Å². The number of likely N-dealkylation sites (tertiary alicyclic amines) is 1. The largest absolute Gasteiger partial charge is 0.327 e. The third-order valence-corrected chi connectivity index (χ3v) is 4.44. The molecule has 2 N–H and O–H groups in total. The van der Waals surface area contributed by atoms with E-state index in [1.54, 1.807) is 0 Å². The summed E-state index contributed by atoms with van der Waals surface area (Å²) in [5.41, 5.74) is 6.52. The molecule has 0 spiro atoms. The van der Waals surface area contributed by atoms with Crippen molar-refractivity contribution < 1.29 is 13.2 Å². The van der Waals surface area contributed by atoms with Crippen LogP contribution in [0.1, 0.15) is 18.4 Å². The zero-order chi connectivity index (χ0) is 13.6. The summed E-state index contributed by atoms with van der Waals surface area (Å²) in [5, 5.41) is 0. The molecule has 0 aromatic heterocycles. The van der Waals surface area contributed by atoms with Gasteiger partial charge in [0.15, 0.2) is 17.5 Å². The summed E-state index contributed by atoms with van der Waals surface area (Å²) in [4.78, 5) is 2.15. The predicted molar refractivity (Wildman–Crippen MR) is 65.8 cm³/mol. The van der Waals surface area contributed by atoms with Gasteiger partial charge in [-0.15, -0.1) is 0 Å². The Bertz CT molecular complexity index is 469. The van der Waals surface area contributed by atoms with Gasteiger partial charge in [-0.2, -0.15) is 0 Å². The van der Waals surface area contributed by atoms with Gasteiger partial charge < -0.3 is 5.73 Å². The molecule has 0 amide bonds. The van der Waals surface area contributed by atoms with Crippen LogP contribution in [-0.2, 0) is 6.54 Å². The first-order valence-electron chi connectivity index (χ1n) is 6.66. The molecule has 0 radical (unpaired) electrons. The number of fused-ring (bicyclic) bond motifs is 1. The average Bonchev–Trinajstić information content (AvgIpc) is 2.89. The van der Waals surface area contributed by atoms with E-state index in [0.717, 1.165) is 38.1 Å². The van der Waals surface area contributed by atoms with Gasteiger partial charge in [0.2, 0.25) is 0 Å². The number of hydrogen-bond donors (Lipinski definition) is 1. The van der Waals surface area contributed by atoms with Crippen LogP contribution in [0.15, 0.2) is 12.1 Å². The summed E-state index contributed by atoms with van der Waals surface area (Å²) in [6, 6.07) is 2.40. The van der Waals surface area contributed by atoms with Crippen molar-refractivity contribution in [1.29, 1.82) is 0 Å². The van der Waals surface area contributed by atoms with Gasteiger partial charge in [-0.1, -0.05) is 0 Å². The van der Waals surface area contributed by atoms with E-state index in [1.165, 1.54) is 0 Å². The fourth-order valence-electron chi connectivity index (χ4n) is 3.49. The molecule has 1 heterocycles. The first kappa shape index (κ1) is 12.9. The first-order chi connectivity index (χ1) is 9.04. The van der Waals surface area contributed by atoms with Crippen molar-refractivity contribution in [2.75, 3.05) is 13.1 Å². The fraction of sp³-hybridized carbons (Fsp3) is 0.571. The maximum atomic E-state index is 13.2. The molecule has 2 fully saturated rings. The molecule has 1 aliphatic carbocycles. The van der Waals surface area contributed by atoms with Crippen LogP contribution in [-0.4, -0.2) is 24.0 Å². The number of rotatable bonds is 2. The lowest BCUT2D eigenvalue weighted by Crippen LogP contribution is -2.30. The maximum absolute atomic E-state index is 13.2. The highest BCUT2D eigenvalue weighted by atomic mass is 19.2. The molecule has 2 aliphatic rings. The van der Waals surface area contributed by atoms with Crippen molar-refractivity contribution in [3.63, 3.8) is 0 Å². The SMILES string of the molecule is NC1CCC2CN(Cc3cc(F)c(F)c(F)c3)CC12. The van der Waals surface area contributed by atoms with Crippen LogP contribution < -0.4 is 5.73 Å². The fourth-order valence-corrected chi connectivity index (χ4v) is 3.49. The van der Waals surface area contributed by atoms with Gasteiger partial charge >= 0.3 is 0 Å². The normalized spacial score (nSPS) is 30.8. The van der Waals surface area contributed by atoms with Gasteiger partial charge in [-0.3, -0.25) is 4.90 Å². The summed E-state index contributed by atoms with van der Waals surface area (Å²) in [5.74, 6) is -2.54. The van der Waals surface area contributed by atoms with Crippen molar-refractivity contribution in [2.45, 2.75) is 25.4 Å². The Balaban J connectivity index is 1.70. The molecule has 3 atom stereocenters. The molecule has 1 aromatic carbocycles. The molecule has 0 bridgehead atoms. The topological polar surface area (TPSA) is 29.3 Å². The quantitative estimate of drug-likeness (QED) is 0.835. The molecule has 3 unspecified atom stereocenters. The molecule has 1 saturated heterocycles. The van der Waals surface area contributed by atoms with E-state index < -0.39 is 17.5 Å². The molecule has 1 saturated carbocycles. The van der Waals surface area contributed by atoms with Crippen molar-refractivity contribution in [2.24, 2.45) is 17.6 Å². The van der Waals surface area contributed by atoms with Crippen LogP contribution in [0.4, 0.5) is 13.2 Å². The van der Waals surface area contributed by atoms with Crippen LogP contribution >= 0.6 is 0 Å².